The Balaban J connectivity index is 1.51. The molecule has 3 amide bonds. The van der Waals surface area contributed by atoms with E-state index < -0.39 is 39.0 Å². The van der Waals surface area contributed by atoms with E-state index >= 15 is 0 Å². The molecule has 0 saturated carbocycles. The van der Waals surface area contributed by atoms with E-state index in [1.807, 2.05) is 63.2 Å². The number of nitrogens with zero attached hydrogens (tertiary/aromatic N) is 1. The summed E-state index contributed by atoms with van der Waals surface area (Å²) in [5.41, 5.74) is 1.05. The van der Waals surface area contributed by atoms with E-state index in [9.17, 15) is 19.5 Å². The van der Waals surface area contributed by atoms with Crippen molar-refractivity contribution in [2.24, 2.45) is 17.3 Å². The summed E-state index contributed by atoms with van der Waals surface area (Å²) in [5, 5.41) is 17.1. The molecule has 3 fully saturated rings. The van der Waals surface area contributed by atoms with Gasteiger partial charge < -0.3 is 25.4 Å². The highest BCUT2D eigenvalue weighted by Crippen LogP contribution is 2.71. The van der Waals surface area contributed by atoms with Crippen LogP contribution in [0.15, 0.2) is 54.6 Å². The molecule has 6 atom stereocenters. The molecular weight excluding hydrogens is 586 g/mol. The third-order valence-corrected chi connectivity index (χ3v) is 11.5. The fourth-order valence-electron chi connectivity index (χ4n) is 8.39. The Bertz CT molecular complexity index is 1410. The second-order valence-corrected chi connectivity index (χ2v) is 17.0. The second-order valence-electron chi connectivity index (χ2n) is 15.1. The first-order chi connectivity index (χ1) is 21.1. The maximum atomic E-state index is 14.7. The Hall–Kier alpha value is -3.04. The van der Waals surface area contributed by atoms with Crippen LogP contribution in [-0.2, 0) is 20.8 Å². The van der Waals surface area contributed by atoms with Gasteiger partial charge in [-0.2, -0.15) is 0 Å². The smallest absolute Gasteiger partial charge is 0.244 e. The van der Waals surface area contributed by atoms with Crippen molar-refractivity contribution in [2.75, 3.05) is 18.5 Å². The molecule has 9 heteroatoms. The van der Waals surface area contributed by atoms with Crippen molar-refractivity contribution in [3.8, 4) is 5.75 Å². The summed E-state index contributed by atoms with van der Waals surface area (Å²) in [5.74, 6) is -1.25. The lowest BCUT2D eigenvalue weighted by atomic mass is 9.66. The SMILES string of the molecule is CCOc1ccc(NC(=O)[C@H]2[C@H]3C(=O)N([C@@H](CO)Cc4ccccc4)C(C(=O)NC(C)(C)CC(C)(C)C)C34CC[C@]2(C)S4)cc1. The minimum atomic E-state index is -0.815. The molecule has 2 aromatic rings. The molecule has 0 aliphatic carbocycles. The van der Waals surface area contributed by atoms with Crippen molar-refractivity contribution in [1.29, 1.82) is 0 Å². The lowest BCUT2D eigenvalue weighted by molar-refractivity contribution is -0.143. The van der Waals surface area contributed by atoms with Crippen molar-refractivity contribution in [3.05, 3.63) is 60.2 Å². The van der Waals surface area contributed by atoms with Gasteiger partial charge in [0.25, 0.3) is 0 Å². The molecule has 3 N–H and O–H groups in total. The predicted molar refractivity (Wildman–Crippen MR) is 179 cm³/mol. The molecule has 244 valence electrons. The first kappa shape index (κ1) is 33.3. The average molecular weight is 636 g/mol. The number of carbonyl (C=O) groups is 3. The number of anilines is 1. The van der Waals surface area contributed by atoms with Crippen LogP contribution in [0.2, 0.25) is 0 Å². The van der Waals surface area contributed by atoms with E-state index in [4.69, 9.17) is 4.74 Å². The van der Waals surface area contributed by atoms with E-state index in [2.05, 4.69) is 38.3 Å². The van der Waals surface area contributed by atoms with Gasteiger partial charge in [0.15, 0.2) is 0 Å². The van der Waals surface area contributed by atoms with Crippen molar-refractivity contribution in [3.63, 3.8) is 0 Å². The number of benzene rings is 2. The number of carbonyl (C=O) groups excluding carboxylic acids is 3. The van der Waals surface area contributed by atoms with E-state index in [1.165, 1.54) is 0 Å². The summed E-state index contributed by atoms with van der Waals surface area (Å²) < 4.78 is 4.27. The maximum Gasteiger partial charge on any atom is 0.244 e. The van der Waals surface area contributed by atoms with Gasteiger partial charge in [-0.25, -0.2) is 0 Å². The number of thioether (sulfide) groups is 1. The van der Waals surface area contributed by atoms with Crippen LogP contribution in [0.25, 0.3) is 0 Å². The quantitative estimate of drug-likeness (QED) is 0.304. The van der Waals surface area contributed by atoms with Crippen molar-refractivity contribution < 1.29 is 24.2 Å². The van der Waals surface area contributed by atoms with Crippen LogP contribution in [0, 0.1) is 17.3 Å². The average Bonchev–Trinajstić information content (AvgIpc) is 3.52. The van der Waals surface area contributed by atoms with E-state index in [0.29, 0.717) is 31.6 Å². The zero-order chi connectivity index (χ0) is 32.8. The Morgan fingerprint density at radius 3 is 2.31 bits per heavy atom. The lowest BCUT2D eigenvalue weighted by Gasteiger charge is -2.40. The summed E-state index contributed by atoms with van der Waals surface area (Å²) in [7, 11) is 0. The summed E-state index contributed by atoms with van der Waals surface area (Å²) in [4.78, 5) is 45.0. The lowest BCUT2D eigenvalue weighted by Crippen LogP contribution is -2.60. The van der Waals surface area contributed by atoms with Crippen LogP contribution in [-0.4, -0.2) is 68.1 Å². The third-order valence-electron chi connectivity index (χ3n) is 9.53. The van der Waals surface area contributed by atoms with Crippen LogP contribution >= 0.6 is 11.8 Å². The van der Waals surface area contributed by atoms with Gasteiger partial charge in [0.1, 0.15) is 11.8 Å². The number of nitrogens with one attached hydrogen (secondary N) is 2. The summed E-state index contributed by atoms with van der Waals surface area (Å²) in [6.45, 7) is 14.7. The molecule has 3 aliphatic rings. The van der Waals surface area contributed by atoms with Crippen LogP contribution in [0.3, 0.4) is 0 Å². The highest BCUT2D eigenvalue weighted by Gasteiger charge is 2.77. The number of rotatable bonds is 11. The molecule has 8 nitrogen and oxygen atoms in total. The Kier molecular flexibility index (Phi) is 9.10. The normalized spacial score (nSPS) is 28.1. The molecule has 5 rings (SSSR count). The van der Waals surface area contributed by atoms with Gasteiger partial charge in [-0.15, -0.1) is 11.8 Å². The highest BCUT2D eigenvalue weighted by molar-refractivity contribution is 8.02. The second kappa shape index (κ2) is 12.3. The van der Waals surface area contributed by atoms with Gasteiger partial charge in [0, 0.05) is 16.0 Å². The topological polar surface area (TPSA) is 108 Å². The van der Waals surface area contributed by atoms with Crippen LogP contribution < -0.4 is 15.4 Å². The molecule has 0 aromatic heterocycles. The Morgan fingerprint density at radius 1 is 1.04 bits per heavy atom. The number of hydrogen-bond acceptors (Lipinski definition) is 6. The van der Waals surface area contributed by atoms with E-state index in [1.54, 1.807) is 28.8 Å². The fourth-order valence-corrected chi connectivity index (χ4v) is 10.7. The van der Waals surface area contributed by atoms with Crippen molar-refractivity contribution >= 4 is 35.2 Å². The zero-order valence-electron chi connectivity index (χ0n) is 27.7. The number of likely N-dealkylation sites (tertiary alicyclic amines) is 1. The zero-order valence-corrected chi connectivity index (χ0v) is 28.5. The third kappa shape index (κ3) is 6.48. The van der Waals surface area contributed by atoms with Crippen LogP contribution in [0.1, 0.15) is 73.3 Å². The van der Waals surface area contributed by atoms with Gasteiger partial charge in [-0.3, -0.25) is 14.4 Å². The van der Waals surface area contributed by atoms with Crippen LogP contribution in [0.5, 0.6) is 5.75 Å². The summed E-state index contributed by atoms with van der Waals surface area (Å²) in [6, 6.07) is 15.6. The molecular formula is C36H49N3O5S. The maximum absolute atomic E-state index is 14.7. The number of ether oxygens (including phenoxy) is 1. The number of aliphatic hydroxyl groups is 1. The Morgan fingerprint density at radius 2 is 1.71 bits per heavy atom. The molecule has 2 aromatic carbocycles. The van der Waals surface area contributed by atoms with Gasteiger partial charge in [-0.1, -0.05) is 51.1 Å². The van der Waals surface area contributed by atoms with E-state index in [-0.39, 0.29) is 29.7 Å². The Labute approximate surface area is 272 Å². The van der Waals surface area contributed by atoms with Gasteiger partial charge in [-0.05, 0) is 88.6 Å². The molecule has 3 aliphatic heterocycles. The largest absolute Gasteiger partial charge is 0.494 e. The monoisotopic (exact) mass is 635 g/mol. The molecule has 2 bridgehead atoms. The molecule has 1 spiro atoms. The molecule has 0 radical (unpaired) electrons. The number of fused-ring (bicyclic) bond motifs is 1. The number of aliphatic hydroxyl groups excluding tert-OH is 1. The summed E-state index contributed by atoms with van der Waals surface area (Å²) in [6.07, 6.45) is 2.52. The van der Waals surface area contributed by atoms with Crippen LogP contribution in [0.4, 0.5) is 5.69 Å². The predicted octanol–water partition coefficient (Wildman–Crippen LogP) is 5.44. The molecule has 2 unspecified atom stereocenters. The van der Waals surface area contributed by atoms with Crippen molar-refractivity contribution in [1.82, 2.24) is 10.2 Å². The first-order valence-electron chi connectivity index (χ1n) is 16.2. The summed E-state index contributed by atoms with van der Waals surface area (Å²) >= 11 is 1.64. The molecule has 45 heavy (non-hydrogen) atoms. The van der Waals surface area contributed by atoms with E-state index in [0.717, 1.165) is 17.7 Å². The number of hydrogen-bond donors (Lipinski definition) is 3. The molecule has 3 saturated heterocycles. The minimum Gasteiger partial charge on any atom is -0.494 e. The standard InChI is InChI=1S/C36H49N3O5S/c1-8-44-26-16-14-24(15-17-26)37-30(41)27-28-32(43)39(25(21-40)20-23-12-10-9-11-13-23)29(36(28)19-18-35(27,7)45-36)31(42)38-34(5,6)22-33(2,3)4/h9-17,25,27-29,40H,8,18-22H2,1-7H3,(H,37,41)(H,38,42)/t25-,27-,28+,29?,35+,36?/m1/s1. The number of amides is 3. The van der Waals surface area contributed by atoms with Gasteiger partial charge in [0.05, 0.1) is 35.8 Å². The van der Waals surface area contributed by atoms with Gasteiger partial charge >= 0.3 is 0 Å². The highest BCUT2D eigenvalue weighted by atomic mass is 32.2. The first-order valence-corrected chi connectivity index (χ1v) is 17.0. The fraction of sp³-hybridized carbons (Fsp3) is 0.583. The molecule has 3 heterocycles. The van der Waals surface area contributed by atoms with Crippen molar-refractivity contribution in [2.45, 2.75) is 101 Å². The minimum absolute atomic E-state index is 0.0260. The van der Waals surface area contributed by atoms with Gasteiger partial charge in [0.2, 0.25) is 17.7 Å².